The Kier molecular flexibility index (Phi) is 4.22. The predicted molar refractivity (Wildman–Crippen MR) is 60.7 cm³/mol. The molecule has 0 aliphatic carbocycles. The van der Waals surface area contributed by atoms with Gasteiger partial charge in [-0.3, -0.25) is 0 Å². The second kappa shape index (κ2) is 5.03. The molecule has 15 heavy (non-hydrogen) atoms. The van der Waals surface area contributed by atoms with Gasteiger partial charge in [0.15, 0.2) is 11.6 Å². The lowest BCUT2D eigenvalue weighted by atomic mass is 10.1. The van der Waals surface area contributed by atoms with Crippen molar-refractivity contribution in [3.8, 4) is 0 Å². The number of rotatable bonds is 3. The van der Waals surface area contributed by atoms with Gasteiger partial charge in [-0.2, -0.15) is 0 Å². The molecule has 1 nitrogen and oxygen atoms in total. The first-order chi connectivity index (χ1) is 6.93. The number of nitrogens with one attached hydrogen (secondary N) is 1. The van der Waals surface area contributed by atoms with Crippen molar-refractivity contribution >= 4 is 15.9 Å². The van der Waals surface area contributed by atoms with Crippen molar-refractivity contribution < 1.29 is 8.78 Å². The number of hydrogen-bond donors (Lipinski definition) is 1. The second-order valence-electron chi connectivity index (χ2n) is 3.80. The molecule has 1 aromatic rings. The molecule has 4 heteroatoms. The second-order valence-corrected chi connectivity index (χ2v) is 4.65. The van der Waals surface area contributed by atoms with E-state index in [-0.39, 0.29) is 12.1 Å². The van der Waals surface area contributed by atoms with E-state index in [9.17, 15) is 8.78 Å². The van der Waals surface area contributed by atoms with Crippen LogP contribution >= 0.6 is 15.9 Å². The molecular formula is C11H14BrF2N. The maximum Gasteiger partial charge on any atom is 0.164 e. The molecule has 84 valence electrons. The summed E-state index contributed by atoms with van der Waals surface area (Å²) in [5, 5.41) is 3.13. The summed E-state index contributed by atoms with van der Waals surface area (Å²) in [5.41, 5.74) is 0.337. The van der Waals surface area contributed by atoms with Crippen LogP contribution in [-0.2, 0) is 0 Å². The lowest BCUT2D eigenvalue weighted by Crippen LogP contribution is -2.27. The van der Waals surface area contributed by atoms with E-state index in [1.807, 2.05) is 20.8 Å². The van der Waals surface area contributed by atoms with Crippen LogP contribution in [0.4, 0.5) is 8.78 Å². The monoisotopic (exact) mass is 277 g/mol. The first-order valence-electron chi connectivity index (χ1n) is 4.83. The van der Waals surface area contributed by atoms with Crippen LogP contribution in [0.5, 0.6) is 0 Å². The third-order valence-corrected chi connectivity index (χ3v) is 2.79. The molecule has 0 heterocycles. The van der Waals surface area contributed by atoms with Gasteiger partial charge in [-0.1, -0.05) is 29.8 Å². The Hall–Kier alpha value is -0.480. The van der Waals surface area contributed by atoms with Gasteiger partial charge in [-0.25, -0.2) is 8.78 Å². The molecule has 0 fully saturated rings. The summed E-state index contributed by atoms with van der Waals surface area (Å²) in [6, 6.07) is 2.63. The predicted octanol–water partition coefficient (Wildman–Crippen LogP) is 3.79. The van der Waals surface area contributed by atoms with Crippen molar-refractivity contribution in [2.75, 3.05) is 0 Å². The van der Waals surface area contributed by atoms with E-state index in [1.54, 1.807) is 0 Å². The lowest BCUT2D eigenvalue weighted by Gasteiger charge is -2.19. The van der Waals surface area contributed by atoms with Crippen molar-refractivity contribution in [2.45, 2.75) is 32.9 Å². The Morgan fingerprint density at radius 3 is 2.33 bits per heavy atom. The van der Waals surface area contributed by atoms with Crippen LogP contribution in [0.3, 0.4) is 0 Å². The van der Waals surface area contributed by atoms with Gasteiger partial charge in [-0.05, 0) is 19.1 Å². The first-order valence-corrected chi connectivity index (χ1v) is 5.62. The summed E-state index contributed by atoms with van der Waals surface area (Å²) in [5.74, 6) is -1.60. The summed E-state index contributed by atoms with van der Waals surface area (Å²) in [6.07, 6.45) is 0. The molecule has 1 rings (SSSR count). The molecule has 0 bridgehead atoms. The zero-order valence-corrected chi connectivity index (χ0v) is 10.5. The average molecular weight is 278 g/mol. The van der Waals surface area contributed by atoms with Crippen molar-refractivity contribution in [2.24, 2.45) is 0 Å². The van der Waals surface area contributed by atoms with Gasteiger partial charge in [0.05, 0.1) is 0 Å². The van der Waals surface area contributed by atoms with Gasteiger partial charge >= 0.3 is 0 Å². The van der Waals surface area contributed by atoms with Crippen LogP contribution in [0.25, 0.3) is 0 Å². The van der Waals surface area contributed by atoms with E-state index in [1.165, 1.54) is 6.07 Å². The standard InChI is InChI=1S/C11H14BrF2N/c1-6(2)15-7(3)10-8(12)4-5-9(13)11(10)14/h4-7,15H,1-3H3. The van der Waals surface area contributed by atoms with E-state index in [0.29, 0.717) is 10.0 Å². The molecule has 0 aliphatic heterocycles. The van der Waals surface area contributed by atoms with E-state index in [4.69, 9.17) is 0 Å². The fourth-order valence-corrected chi connectivity index (χ4v) is 2.17. The van der Waals surface area contributed by atoms with E-state index < -0.39 is 11.6 Å². The van der Waals surface area contributed by atoms with E-state index in [2.05, 4.69) is 21.2 Å². The minimum atomic E-state index is -0.814. The zero-order valence-electron chi connectivity index (χ0n) is 8.94. The fourth-order valence-electron chi connectivity index (χ4n) is 1.52. The van der Waals surface area contributed by atoms with E-state index in [0.717, 1.165) is 6.07 Å². The van der Waals surface area contributed by atoms with Crippen LogP contribution in [0.2, 0.25) is 0 Å². The third-order valence-electron chi connectivity index (χ3n) is 2.10. The molecule has 1 aromatic carbocycles. The number of halogens is 3. The summed E-state index contributed by atoms with van der Waals surface area (Å²) in [4.78, 5) is 0. The molecule has 0 aromatic heterocycles. The topological polar surface area (TPSA) is 12.0 Å². The molecule has 1 atom stereocenters. The highest BCUT2D eigenvalue weighted by Crippen LogP contribution is 2.27. The average Bonchev–Trinajstić information content (AvgIpc) is 2.11. The molecule has 0 radical (unpaired) electrons. The highest BCUT2D eigenvalue weighted by atomic mass is 79.9. The molecule has 0 spiro atoms. The normalized spacial score (nSPS) is 13.3. The van der Waals surface area contributed by atoms with Crippen LogP contribution in [-0.4, -0.2) is 6.04 Å². The Morgan fingerprint density at radius 2 is 1.80 bits per heavy atom. The van der Waals surface area contributed by atoms with Crippen molar-refractivity contribution in [3.05, 3.63) is 33.8 Å². The van der Waals surface area contributed by atoms with Crippen molar-refractivity contribution in [3.63, 3.8) is 0 Å². The Labute approximate surface area is 97.0 Å². The lowest BCUT2D eigenvalue weighted by molar-refractivity contribution is 0.452. The number of benzene rings is 1. The maximum atomic E-state index is 13.5. The molecule has 0 saturated carbocycles. The first kappa shape index (κ1) is 12.6. The van der Waals surface area contributed by atoms with Gasteiger partial charge < -0.3 is 5.32 Å². The zero-order chi connectivity index (χ0) is 11.6. The molecule has 0 saturated heterocycles. The minimum Gasteiger partial charge on any atom is -0.308 e. The third kappa shape index (κ3) is 2.98. The van der Waals surface area contributed by atoms with Gasteiger partial charge in [0.1, 0.15) is 0 Å². The Balaban J connectivity index is 3.07. The van der Waals surface area contributed by atoms with Crippen molar-refractivity contribution in [1.29, 1.82) is 0 Å². The Morgan fingerprint density at radius 1 is 1.20 bits per heavy atom. The van der Waals surface area contributed by atoms with Crippen LogP contribution in [0, 0.1) is 11.6 Å². The summed E-state index contributed by atoms with van der Waals surface area (Å²) in [6.45, 7) is 5.73. The van der Waals surface area contributed by atoms with Crippen molar-refractivity contribution in [1.82, 2.24) is 5.32 Å². The molecular weight excluding hydrogens is 264 g/mol. The summed E-state index contributed by atoms with van der Waals surface area (Å²) < 4.78 is 27.1. The SMILES string of the molecule is CC(C)NC(C)c1c(Br)ccc(F)c1F. The molecule has 1 N–H and O–H groups in total. The van der Waals surface area contributed by atoms with Crippen LogP contribution in [0.1, 0.15) is 32.4 Å². The van der Waals surface area contributed by atoms with E-state index >= 15 is 0 Å². The van der Waals surface area contributed by atoms with Gasteiger partial charge in [0, 0.05) is 22.1 Å². The quantitative estimate of drug-likeness (QED) is 0.829. The smallest absolute Gasteiger partial charge is 0.164 e. The molecule has 1 unspecified atom stereocenters. The van der Waals surface area contributed by atoms with Crippen LogP contribution in [0.15, 0.2) is 16.6 Å². The Bertz CT molecular complexity index is 353. The minimum absolute atomic E-state index is 0.217. The summed E-state index contributed by atoms with van der Waals surface area (Å²) >= 11 is 3.23. The fraction of sp³-hybridized carbons (Fsp3) is 0.455. The summed E-state index contributed by atoms with van der Waals surface area (Å²) in [7, 11) is 0. The van der Waals surface area contributed by atoms with Crippen LogP contribution < -0.4 is 5.32 Å². The van der Waals surface area contributed by atoms with Gasteiger partial charge in [0.2, 0.25) is 0 Å². The number of hydrogen-bond acceptors (Lipinski definition) is 1. The highest BCUT2D eigenvalue weighted by Gasteiger charge is 2.18. The van der Waals surface area contributed by atoms with Gasteiger partial charge in [0.25, 0.3) is 0 Å². The molecule has 0 aliphatic rings. The van der Waals surface area contributed by atoms with Gasteiger partial charge in [-0.15, -0.1) is 0 Å². The largest absolute Gasteiger partial charge is 0.308 e. The highest BCUT2D eigenvalue weighted by molar-refractivity contribution is 9.10. The molecule has 0 amide bonds. The maximum absolute atomic E-state index is 13.5.